The Hall–Kier alpha value is -2.40. The molecule has 5 heteroatoms. The van der Waals surface area contributed by atoms with Crippen molar-refractivity contribution in [1.82, 2.24) is 10.2 Å². The summed E-state index contributed by atoms with van der Waals surface area (Å²) in [5.41, 5.74) is 3.17. The number of carbonyl (C=O) groups is 2. The summed E-state index contributed by atoms with van der Waals surface area (Å²) in [7, 11) is 0. The summed E-state index contributed by atoms with van der Waals surface area (Å²) in [6.45, 7) is 2.22. The quantitative estimate of drug-likeness (QED) is 0.658. The third-order valence-electron chi connectivity index (χ3n) is 3.70. The van der Waals surface area contributed by atoms with Gasteiger partial charge in [0.15, 0.2) is 0 Å². The van der Waals surface area contributed by atoms with E-state index in [1.54, 1.807) is 6.08 Å². The van der Waals surface area contributed by atoms with Gasteiger partial charge in [-0.05, 0) is 41.8 Å². The van der Waals surface area contributed by atoms with E-state index in [0.29, 0.717) is 5.70 Å². The topological polar surface area (TPSA) is 49.4 Å². The third kappa shape index (κ3) is 3.35. The molecule has 3 amide bonds. The number of aryl methyl sites for hydroxylation is 1. The molecule has 1 fully saturated rings. The molecule has 1 aliphatic heterocycles. The lowest BCUT2D eigenvalue weighted by Gasteiger charge is -2.11. The van der Waals surface area contributed by atoms with E-state index in [1.165, 1.54) is 4.90 Å². The third-order valence-corrected chi connectivity index (χ3v) is 4.23. The van der Waals surface area contributed by atoms with Gasteiger partial charge in [0.1, 0.15) is 5.70 Å². The monoisotopic (exact) mass is 370 g/mol. The Morgan fingerprint density at radius 2 is 1.78 bits per heavy atom. The Morgan fingerprint density at radius 3 is 2.48 bits per heavy atom. The minimum absolute atomic E-state index is 0.253. The summed E-state index contributed by atoms with van der Waals surface area (Å²) in [4.78, 5) is 25.8. The van der Waals surface area contributed by atoms with Crippen LogP contribution in [0, 0.1) is 6.92 Å². The second-order valence-corrected chi connectivity index (χ2v) is 6.28. The smallest absolute Gasteiger partial charge is 0.303 e. The number of halogens is 1. The summed E-state index contributed by atoms with van der Waals surface area (Å²) < 4.78 is 0.957. The van der Waals surface area contributed by atoms with Gasteiger partial charge in [-0.2, -0.15) is 0 Å². The van der Waals surface area contributed by atoms with Crippen LogP contribution >= 0.6 is 15.9 Å². The van der Waals surface area contributed by atoms with E-state index in [9.17, 15) is 9.59 Å². The van der Waals surface area contributed by atoms with E-state index in [4.69, 9.17) is 0 Å². The second kappa shape index (κ2) is 6.38. The van der Waals surface area contributed by atoms with Crippen molar-refractivity contribution in [2.24, 2.45) is 0 Å². The molecule has 0 unspecified atom stereocenters. The van der Waals surface area contributed by atoms with Gasteiger partial charge < -0.3 is 5.32 Å². The van der Waals surface area contributed by atoms with Gasteiger partial charge in [-0.1, -0.05) is 52.3 Å². The lowest BCUT2D eigenvalue weighted by molar-refractivity contribution is -0.123. The highest BCUT2D eigenvalue weighted by atomic mass is 79.9. The molecular formula is C18H15BrN2O2. The number of hydrogen-bond donors (Lipinski definition) is 1. The highest BCUT2D eigenvalue weighted by molar-refractivity contribution is 9.10. The van der Waals surface area contributed by atoms with Gasteiger partial charge in [0.25, 0.3) is 5.91 Å². The van der Waals surface area contributed by atoms with Gasteiger partial charge in [0.05, 0.1) is 6.54 Å². The van der Waals surface area contributed by atoms with Crippen molar-refractivity contribution in [1.29, 1.82) is 0 Å². The molecule has 0 spiro atoms. The maximum atomic E-state index is 12.5. The van der Waals surface area contributed by atoms with Crippen molar-refractivity contribution in [3.05, 3.63) is 75.4 Å². The number of urea groups is 1. The lowest BCUT2D eigenvalue weighted by atomic mass is 10.1. The number of hydrogen-bond acceptors (Lipinski definition) is 2. The highest BCUT2D eigenvalue weighted by Crippen LogP contribution is 2.19. The van der Waals surface area contributed by atoms with E-state index >= 15 is 0 Å². The first-order valence-corrected chi connectivity index (χ1v) is 7.98. The lowest BCUT2D eigenvalue weighted by Crippen LogP contribution is -2.30. The zero-order valence-electron chi connectivity index (χ0n) is 12.5. The van der Waals surface area contributed by atoms with Gasteiger partial charge >= 0.3 is 6.03 Å². The number of amides is 3. The predicted molar refractivity (Wildman–Crippen MR) is 92.4 cm³/mol. The van der Waals surface area contributed by atoms with Crippen LogP contribution in [-0.4, -0.2) is 16.8 Å². The Bertz CT molecular complexity index is 797. The summed E-state index contributed by atoms with van der Waals surface area (Å²) in [5.74, 6) is -0.304. The molecule has 1 heterocycles. The normalized spacial score (nSPS) is 16.1. The summed E-state index contributed by atoms with van der Waals surface area (Å²) >= 11 is 3.37. The molecule has 1 saturated heterocycles. The molecule has 1 aliphatic rings. The zero-order chi connectivity index (χ0) is 16.4. The number of benzene rings is 2. The first kappa shape index (κ1) is 15.5. The van der Waals surface area contributed by atoms with E-state index in [0.717, 1.165) is 21.2 Å². The van der Waals surface area contributed by atoms with Crippen LogP contribution in [-0.2, 0) is 11.3 Å². The SMILES string of the molecule is Cc1ccccc1/C=C1/NC(=O)N(Cc2ccc(Br)cc2)C1=O. The molecule has 0 radical (unpaired) electrons. The highest BCUT2D eigenvalue weighted by Gasteiger charge is 2.33. The molecule has 23 heavy (non-hydrogen) atoms. The van der Waals surface area contributed by atoms with Crippen LogP contribution in [0.2, 0.25) is 0 Å². The van der Waals surface area contributed by atoms with E-state index in [2.05, 4.69) is 21.2 Å². The molecule has 0 saturated carbocycles. The molecule has 0 aliphatic carbocycles. The molecular weight excluding hydrogens is 356 g/mol. The fourth-order valence-electron chi connectivity index (χ4n) is 2.39. The van der Waals surface area contributed by atoms with Crippen LogP contribution in [0.15, 0.2) is 58.7 Å². The van der Waals surface area contributed by atoms with Crippen LogP contribution in [0.3, 0.4) is 0 Å². The van der Waals surface area contributed by atoms with Crippen molar-refractivity contribution < 1.29 is 9.59 Å². The molecule has 2 aromatic carbocycles. The number of imide groups is 1. The van der Waals surface area contributed by atoms with E-state index in [-0.39, 0.29) is 12.5 Å². The van der Waals surface area contributed by atoms with E-state index < -0.39 is 6.03 Å². The maximum absolute atomic E-state index is 12.5. The Kier molecular flexibility index (Phi) is 4.30. The number of nitrogens with zero attached hydrogens (tertiary/aromatic N) is 1. The molecule has 1 N–H and O–H groups in total. The van der Waals surface area contributed by atoms with Crippen molar-refractivity contribution >= 4 is 33.9 Å². The average molecular weight is 371 g/mol. The second-order valence-electron chi connectivity index (χ2n) is 5.36. The first-order valence-electron chi connectivity index (χ1n) is 7.19. The molecule has 0 bridgehead atoms. The van der Waals surface area contributed by atoms with E-state index in [1.807, 2.05) is 55.5 Å². The fourth-order valence-corrected chi connectivity index (χ4v) is 2.66. The molecule has 3 rings (SSSR count). The first-order chi connectivity index (χ1) is 11.0. The van der Waals surface area contributed by atoms with Crippen LogP contribution in [0.5, 0.6) is 0 Å². The summed E-state index contributed by atoms with van der Waals surface area (Å²) in [6.07, 6.45) is 1.72. The standard InChI is InChI=1S/C18H15BrN2O2/c1-12-4-2-3-5-14(12)10-16-17(22)21(18(23)20-16)11-13-6-8-15(19)9-7-13/h2-10H,11H2,1H3,(H,20,23)/b16-10+. The van der Waals surface area contributed by atoms with Crippen molar-refractivity contribution in [2.45, 2.75) is 13.5 Å². The predicted octanol–water partition coefficient (Wildman–Crippen LogP) is 3.85. The zero-order valence-corrected chi connectivity index (χ0v) is 14.1. The average Bonchev–Trinajstić information content (AvgIpc) is 2.79. The molecule has 0 aromatic heterocycles. The van der Waals surface area contributed by atoms with Crippen LogP contribution < -0.4 is 5.32 Å². The van der Waals surface area contributed by atoms with Gasteiger partial charge in [0.2, 0.25) is 0 Å². The minimum Gasteiger partial charge on any atom is -0.303 e. The van der Waals surface area contributed by atoms with Crippen LogP contribution in [0.25, 0.3) is 6.08 Å². The molecule has 116 valence electrons. The Labute approximate surface area is 142 Å². The number of rotatable bonds is 3. The molecule has 4 nitrogen and oxygen atoms in total. The number of carbonyl (C=O) groups excluding carboxylic acids is 2. The van der Waals surface area contributed by atoms with Crippen molar-refractivity contribution in [2.75, 3.05) is 0 Å². The van der Waals surface area contributed by atoms with Gasteiger partial charge in [0, 0.05) is 4.47 Å². The fraction of sp³-hybridized carbons (Fsp3) is 0.111. The van der Waals surface area contributed by atoms with Gasteiger partial charge in [-0.3, -0.25) is 9.69 Å². The Morgan fingerprint density at radius 1 is 1.09 bits per heavy atom. The van der Waals surface area contributed by atoms with Gasteiger partial charge in [-0.25, -0.2) is 4.79 Å². The maximum Gasteiger partial charge on any atom is 0.329 e. The largest absolute Gasteiger partial charge is 0.329 e. The van der Waals surface area contributed by atoms with Crippen LogP contribution in [0.4, 0.5) is 4.79 Å². The molecule has 0 atom stereocenters. The van der Waals surface area contributed by atoms with Crippen molar-refractivity contribution in [3.63, 3.8) is 0 Å². The summed E-state index contributed by atoms with van der Waals surface area (Å²) in [6, 6.07) is 14.9. The molecule has 2 aromatic rings. The number of nitrogens with one attached hydrogen (secondary N) is 1. The van der Waals surface area contributed by atoms with Gasteiger partial charge in [-0.15, -0.1) is 0 Å². The van der Waals surface area contributed by atoms with Crippen molar-refractivity contribution in [3.8, 4) is 0 Å². The van der Waals surface area contributed by atoms with Crippen LogP contribution in [0.1, 0.15) is 16.7 Å². The Balaban J connectivity index is 1.82. The minimum atomic E-state index is -0.391. The summed E-state index contributed by atoms with van der Waals surface area (Å²) in [5, 5.41) is 2.65.